The third-order valence-corrected chi connectivity index (χ3v) is 5.39. The second-order valence-corrected chi connectivity index (χ2v) is 12.4. The van der Waals surface area contributed by atoms with Gasteiger partial charge in [0, 0.05) is 0 Å². The summed E-state index contributed by atoms with van der Waals surface area (Å²) in [6.07, 6.45) is 0. The molecule has 0 aliphatic rings. The Hall–Kier alpha value is 0.643. The van der Waals surface area contributed by atoms with Gasteiger partial charge in [-0.2, -0.15) is 0 Å². The molecule has 0 bridgehead atoms. The molecule has 0 spiro atoms. The maximum absolute atomic E-state index is 3.65. The van der Waals surface area contributed by atoms with E-state index in [0.29, 0.717) is 4.35 Å². The Balaban J connectivity index is 3.89. The van der Waals surface area contributed by atoms with Crippen LogP contribution in [0.4, 0.5) is 0 Å². The molecule has 0 saturated carbocycles. The molecule has 0 aromatic rings. The van der Waals surface area contributed by atoms with Crippen molar-refractivity contribution in [1.29, 1.82) is 0 Å². The van der Waals surface area contributed by atoms with Crippen LogP contribution in [0, 0.1) is 0 Å². The molecule has 0 aromatic heterocycles. The summed E-state index contributed by atoms with van der Waals surface area (Å²) in [7, 11) is 3.16. The fraction of sp³-hybridized carbons (Fsp3) is 1.00. The number of rotatable bonds is 5. The Morgan fingerprint density at radius 3 is 2.00 bits per heavy atom. The molecular formula is C9H24CoN2Si. The Morgan fingerprint density at radius 1 is 1.23 bits per heavy atom. The minimum absolute atomic E-state index is 0.348. The molecule has 0 atom stereocenters. The van der Waals surface area contributed by atoms with Gasteiger partial charge < -0.3 is 0 Å². The van der Waals surface area contributed by atoms with Crippen LogP contribution in [0.5, 0.6) is 0 Å². The molecule has 83 valence electrons. The summed E-state index contributed by atoms with van der Waals surface area (Å²) < 4.78 is 4.00. The molecule has 13 heavy (non-hydrogen) atoms. The summed E-state index contributed by atoms with van der Waals surface area (Å²) in [5.74, 6) is 0. The van der Waals surface area contributed by atoms with Gasteiger partial charge in [-0.25, -0.2) is 0 Å². The van der Waals surface area contributed by atoms with Gasteiger partial charge in [0.05, 0.1) is 0 Å². The van der Waals surface area contributed by atoms with Crippen molar-refractivity contribution in [3.05, 3.63) is 0 Å². The molecule has 0 unspecified atom stereocenters. The number of nitrogens with one attached hydrogen (secondary N) is 1. The molecular weight excluding hydrogens is 223 g/mol. The van der Waals surface area contributed by atoms with Crippen LogP contribution >= 0.6 is 0 Å². The van der Waals surface area contributed by atoms with Crippen LogP contribution < -0.4 is 4.03 Å². The number of hydrogen-bond acceptors (Lipinski definition) is 2. The first-order chi connectivity index (χ1) is 5.62. The molecule has 0 amide bonds. The molecule has 0 rings (SSSR count). The molecule has 0 radical (unpaired) electrons. The Morgan fingerprint density at radius 2 is 1.69 bits per heavy atom. The Kier molecular flexibility index (Phi) is 5.18. The third kappa shape index (κ3) is 8.96. The van der Waals surface area contributed by atoms with Crippen molar-refractivity contribution in [2.45, 2.75) is 37.8 Å². The van der Waals surface area contributed by atoms with Gasteiger partial charge in [0.25, 0.3) is 0 Å². The predicted octanol–water partition coefficient (Wildman–Crippen LogP) is 2.17. The summed E-state index contributed by atoms with van der Waals surface area (Å²) in [4.78, 5) is 2.25. The van der Waals surface area contributed by atoms with Crippen LogP contribution in [0.3, 0.4) is 0 Å². The normalized spacial score (nSPS) is 14.2. The van der Waals surface area contributed by atoms with Crippen LogP contribution in [0.25, 0.3) is 0 Å². The summed E-state index contributed by atoms with van der Waals surface area (Å²) in [6.45, 7) is 12.8. The fourth-order valence-corrected chi connectivity index (χ4v) is 4.12. The number of hydrogen-bond donors (Lipinski definition) is 1. The van der Waals surface area contributed by atoms with Crippen molar-refractivity contribution in [3.63, 3.8) is 0 Å². The zero-order chi connectivity index (χ0) is 10.7. The SMILES string of the molecule is CN(C)C[C](C)(C)[Co][NH][Si](C)(C)C. The van der Waals surface area contributed by atoms with Gasteiger partial charge in [-0.15, -0.1) is 0 Å². The average molecular weight is 247 g/mol. The van der Waals surface area contributed by atoms with Crippen molar-refractivity contribution >= 4 is 8.24 Å². The molecule has 0 aromatic carbocycles. The van der Waals surface area contributed by atoms with Crippen LogP contribution in [-0.2, 0) is 14.9 Å². The van der Waals surface area contributed by atoms with E-state index in [2.05, 4.69) is 56.5 Å². The van der Waals surface area contributed by atoms with E-state index < -0.39 is 8.24 Å². The molecule has 1 N–H and O–H groups in total. The monoisotopic (exact) mass is 247 g/mol. The first-order valence-corrected chi connectivity index (χ1v) is 9.19. The second kappa shape index (κ2) is 4.93. The number of nitrogens with zero attached hydrogens (tertiary/aromatic N) is 1. The van der Waals surface area contributed by atoms with E-state index >= 15 is 0 Å². The molecule has 0 fully saturated rings. The van der Waals surface area contributed by atoms with E-state index in [-0.39, 0.29) is 0 Å². The Labute approximate surface area is 90.7 Å². The van der Waals surface area contributed by atoms with Crippen LogP contribution in [0.15, 0.2) is 0 Å². The van der Waals surface area contributed by atoms with Gasteiger partial charge in [-0.1, -0.05) is 0 Å². The van der Waals surface area contributed by atoms with E-state index in [9.17, 15) is 0 Å². The van der Waals surface area contributed by atoms with Crippen molar-refractivity contribution in [2.24, 2.45) is 0 Å². The topological polar surface area (TPSA) is 15.3 Å². The quantitative estimate of drug-likeness (QED) is 0.749. The minimum atomic E-state index is -1.10. The van der Waals surface area contributed by atoms with Crippen LogP contribution in [-0.4, -0.2) is 33.8 Å². The average Bonchev–Trinajstić information content (AvgIpc) is 1.79. The van der Waals surface area contributed by atoms with Gasteiger partial charge in [-0.05, 0) is 0 Å². The van der Waals surface area contributed by atoms with Crippen molar-refractivity contribution in [3.8, 4) is 0 Å². The first kappa shape index (κ1) is 13.6. The van der Waals surface area contributed by atoms with E-state index in [0.717, 1.165) is 6.54 Å². The molecule has 0 heterocycles. The molecule has 0 aliphatic heterocycles. The standard InChI is InChI=1S/C6H14N.C3H10NSi.Co/c1-6(2)5-7(3)4;1-5(2,3)4;/h5H2,1-4H3;4H,1-3H3;/q;-1;+1. The van der Waals surface area contributed by atoms with Crippen LogP contribution in [0.2, 0.25) is 24.0 Å². The molecule has 4 heteroatoms. The van der Waals surface area contributed by atoms with E-state index in [1.54, 1.807) is 0 Å². The predicted molar refractivity (Wildman–Crippen MR) is 59.1 cm³/mol. The van der Waals surface area contributed by atoms with Gasteiger partial charge in [0.1, 0.15) is 0 Å². The summed E-state index contributed by atoms with van der Waals surface area (Å²) in [5, 5.41) is 0. The zero-order valence-corrected chi connectivity index (χ0v) is 12.0. The fourth-order valence-electron chi connectivity index (χ4n) is 1.00. The molecule has 2 nitrogen and oxygen atoms in total. The Bertz CT molecular complexity index is 152. The summed E-state index contributed by atoms with van der Waals surface area (Å²) >= 11 is 1.41. The molecule has 0 aliphatic carbocycles. The van der Waals surface area contributed by atoms with Crippen molar-refractivity contribution < 1.29 is 14.9 Å². The van der Waals surface area contributed by atoms with Gasteiger partial charge in [0.15, 0.2) is 0 Å². The van der Waals surface area contributed by atoms with Crippen molar-refractivity contribution in [2.75, 3.05) is 20.6 Å². The van der Waals surface area contributed by atoms with E-state index in [4.69, 9.17) is 0 Å². The third-order valence-electron chi connectivity index (χ3n) is 1.20. The summed E-state index contributed by atoms with van der Waals surface area (Å²) in [5.41, 5.74) is 0. The first-order valence-electron chi connectivity index (χ1n) is 4.65. The maximum atomic E-state index is 3.65. The van der Waals surface area contributed by atoms with E-state index in [1.165, 1.54) is 14.9 Å². The summed E-state index contributed by atoms with van der Waals surface area (Å²) in [6, 6.07) is 0. The van der Waals surface area contributed by atoms with E-state index in [1.807, 2.05) is 0 Å². The molecule has 0 saturated heterocycles. The van der Waals surface area contributed by atoms with Gasteiger partial charge >= 0.3 is 90.6 Å². The van der Waals surface area contributed by atoms with Gasteiger partial charge in [0.2, 0.25) is 0 Å². The zero-order valence-electron chi connectivity index (χ0n) is 9.99. The van der Waals surface area contributed by atoms with Gasteiger partial charge in [-0.3, -0.25) is 0 Å². The second-order valence-electron chi connectivity index (χ2n) is 5.31. The van der Waals surface area contributed by atoms with Crippen molar-refractivity contribution in [1.82, 2.24) is 8.93 Å². The van der Waals surface area contributed by atoms with Crippen LogP contribution in [0.1, 0.15) is 13.8 Å².